The van der Waals surface area contributed by atoms with Gasteiger partial charge in [0.1, 0.15) is 78.3 Å². The zero-order valence-electron chi connectivity index (χ0n) is 60.9. The first-order valence-corrected chi connectivity index (χ1v) is 35.8. The maximum absolute atomic E-state index is 14.9. The number of primary amides is 3. The number of amides is 15. The molecule has 592 valence electrons. The second kappa shape index (κ2) is 43.9. The molecule has 0 aliphatic heterocycles. The number of imidazole rings is 1. The first-order valence-electron chi connectivity index (χ1n) is 35.1. The average Bonchev–Trinajstić information content (AvgIpc) is 1.76. The Balaban J connectivity index is 1.36. The normalized spacial score (nSPS) is 14.7. The smallest absolute Gasteiger partial charge is 0.245 e. The van der Waals surface area contributed by atoms with E-state index >= 15 is 0 Å². The number of aromatic amines is 2. The molecule has 0 aliphatic carbocycles. The third kappa shape index (κ3) is 28.3. The molecule has 0 unspecified atom stereocenters. The van der Waals surface area contributed by atoms with Crippen LogP contribution in [0.1, 0.15) is 95.5 Å². The molecule has 0 spiro atoms. The van der Waals surface area contributed by atoms with Gasteiger partial charge < -0.3 is 112 Å². The number of fused-ring (bicyclic) bond motifs is 1. The molecule has 38 heteroatoms. The van der Waals surface area contributed by atoms with Crippen molar-refractivity contribution in [2.75, 3.05) is 25.5 Å². The first kappa shape index (κ1) is 88.1. The number of nitrogens with one attached hydrogen (secondary N) is 14. The molecule has 0 saturated heterocycles. The Bertz CT molecular complexity index is 3960. The Morgan fingerprint density at radius 3 is 1.42 bits per heavy atom. The Labute approximate surface area is 632 Å². The van der Waals surface area contributed by atoms with Crippen LogP contribution in [0, 0.1) is 11.8 Å². The van der Waals surface area contributed by atoms with E-state index in [1.54, 1.807) is 70.3 Å². The van der Waals surface area contributed by atoms with Crippen molar-refractivity contribution in [3.63, 3.8) is 0 Å². The van der Waals surface area contributed by atoms with Gasteiger partial charge in [-0.25, -0.2) is 4.98 Å². The summed E-state index contributed by atoms with van der Waals surface area (Å²) in [6.45, 7) is 5.60. The molecule has 5 aromatic rings. The van der Waals surface area contributed by atoms with Gasteiger partial charge in [0, 0.05) is 67.4 Å². The van der Waals surface area contributed by atoms with E-state index in [0.717, 1.165) is 17.8 Å². The third-order valence-electron chi connectivity index (χ3n) is 17.5. The van der Waals surface area contributed by atoms with Gasteiger partial charge in [0.05, 0.1) is 32.4 Å². The van der Waals surface area contributed by atoms with E-state index in [2.05, 4.69) is 91.4 Å². The fourth-order valence-electron chi connectivity index (χ4n) is 11.3. The van der Waals surface area contributed by atoms with E-state index in [9.17, 15) is 87.2 Å². The summed E-state index contributed by atoms with van der Waals surface area (Å²) < 4.78 is 0. The highest BCUT2D eigenvalue weighted by molar-refractivity contribution is 7.80. The van der Waals surface area contributed by atoms with Crippen LogP contribution in [0.5, 0.6) is 5.75 Å². The van der Waals surface area contributed by atoms with Crippen LogP contribution >= 0.6 is 12.6 Å². The minimum atomic E-state index is -1.95. The Morgan fingerprint density at radius 2 is 0.917 bits per heavy atom. The van der Waals surface area contributed by atoms with Gasteiger partial charge in [0.15, 0.2) is 0 Å². The van der Waals surface area contributed by atoms with Crippen molar-refractivity contribution < 1.29 is 87.2 Å². The summed E-state index contributed by atoms with van der Waals surface area (Å²) in [5.41, 5.74) is 25.2. The number of hydrogen-bond donors (Lipinski definition) is 22. The number of benzene rings is 3. The highest BCUT2D eigenvalue weighted by Gasteiger charge is 2.39. The number of H-pyrrole nitrogens is 2. The number of aromatic nitrogens is 3. The number of thiol groups is 1. The minimum absolute atomic E-state index is 0.0342. The van der Waals surface area contributed by atoms with Gasteiger partial charge in [-0.1, -0.05) is 94.8 Å². The molecule has 0 saturated carbocycles. The summed E-state index contributed by atoms with van der Waals surface area (Å²) >= 11 is 4.23. The maximum atomic E-state index is 14.9. The fourth-order valence-corrected chi connectivity index (χ4v) is 11.5. The van der Waals surface area contributed by atoms with Crippen LogP contribution in [0.3, 0.4) is 0 Å². The van der Waals surface area contributed by atoms with Gasteiger partial charge in [0.25, 0.3) is 0 Å². The second-order valence-electron chi connectivity index (χ2n) is 26.4. The number of aliphatic hydroxyl groups excluding tert-OH is 2. The molecule has 0 aliphatic rings. The molecular weight excluding hydrogens is 1440 g/mol. The molecule has 3 aromatic carbocycles. The van der Waals surface area contributed by atoms with Gasteiger partial charge in [0.2, 0.25) is 88.6 Å². The number of rotatable bonds is 46. The predicted octanol–water partition coefficient (Wildman–Crippen LogP) is -5.31. The molecule has 5 rings (SSSR count). The summed E-state index contributed by atoms with van der Waals surface area (Å²) in [6, 6.07) is 1.54. The van der Waals surface area contributed by atoms with Gasteiger partial charge in [-0.05, 0) is 72.5 Å². The summed E-state index contributed by atoms with van der Waals surface area (Å²) in [7, 11) is 0. The standard InChI is InChI=1S/C71H99N19O18S/c1-6-37(4)59(71(108)86-50(27-42-31-76-35-78-42)64(101)81-47(60(75)97)26-41-30-77-45-17-11-10-16-44(41)45)90-66(103)52(29-57(74)96)85-67(104)53(32-91)87-63(100)48(24-39-14-8-7-9-15-39)83-62(99)49(25-40-19-21-43(94)22-20-40)82-61(98)46(18-12-13-23-72)80-69(106)55(34-109)89-65(102)51(28-56(73)95)84-68(105)54(33-92)88-70(107)58(36(2)3)79-38(5)93/h7-11,14-17,19-22,30-31,35-37,46-55,58-59,77,91-92,94,109H,6,12-13,18,23-29,32-34,72H2,1-5H3,(H2,73,95)(H2,74,96)(H2,75,97)(H,76,78)(H,79,93)(H,80,106)(H,81,101)(H,82,98)(H,83,99)(H,84,105)(H,85,104)(H,86,108)(H,87,100)(H,88,107)(H,89,102)(H,90,103)/t37-,46-,47-,48-,49-,50-,51-,52-,53-,54-,55-,58-,59-/m0/s1. The molecule has 25 N–H and O–H groups in total. The third-order valence-corrected chi connectivity index (χ3v) is 17.9. The molecule has 0 radical (unpaired) electrons. The average molecular weight is 1540 g/mol. The summed E-state index contributed by atoms with van der Waals surface area (Å²) in [5.74, 6) is -17.2. The predicted molar refractivity (Wildman–Crippen MR) is 397 cm³/mol. The zero-order chi connectivity index (χ0) is 80.6. The van der Waals surface area contributed by atoms with Crippen LogP contribution in [0.2, 0.25) is 0 Å². The van der Waals surface area contributed by atoms with E-state index in [1.807, 2.05) is 18.2 Å². The number of hydrogen-bond acceptors (Lipinski definition) is 21. The van der Waals surface area contributed by atoms with Crippen LogP contribution in [0.4, 0.5) is 0 Å². The van der Waals surface area contributed by atoms with Crippen molar-refractivity contribution >= 4 is 112 Å². The van der Waals surface area contributed by atoms with Crippen molar-refractivity contribution in [2.45, 2.75) is 171 Å². The summed E-state index contributed by atoms with van der Waals surface area (Å²) in [5, 5.41) is 61.3. The van der Waals surface area contributed by atoms with E-state index in [1.165, 1.54) is 36.8 Å². The van der Waals surface area contributed by atoms with E-state index in [-0.39, 0.29) is 57.2 Å². The van der Waals surface area contributed by atoms with E-state index < -0.39 is 205 Å². The second-order valence-corrected chi connectivity index (χ2v) is 26.8. The molecular formula is C71H99N19O18S. The quantitative estimate of drug-likeness (QED) is 0.0128. The lowest BCUT2D eigenvalue weighted by Crippen LogP contribution is -2.62. The van der Waals surface area contributed by atoms with Crippen LogP contribution in [0.25, 0.3) is 10.9 Å². The number of aliphatic hydroxyl groups is 2. The number of nitrogens with zero attached hydrogens (tertiary/aromatic N) is 1. The number of unbranched alkanes of at least 4 members (excludes halogenated alkanes) is 1. The number of para-hydroxylation sites is 1. The number of nitrogens with two attached hydrogens (primary N) is 4. The summed E-state index contributed by atoms with van der Waals surface area (Å²) in [4.78, 5) is 216. The van der Waals surface area contributed by atoms with E-state index in [4.69, 9.17) is 22.9 Å². The zero-order valence-corrected chi connectivity index (χ0v) is 61.8. The van der Waals surface area contributed by atoms with Crippen LogP contribution in [-0.4, -0.2) is 217 Å². The highest BCUT2D eigenvalue weighted by atomic mass is 32.1. The van der Waals surface area contributed by atoms with Gasteiger partial charge >= 0.3 is 0 Å². The fraction of sp³-hybridized carbons (Fsp3) is 0.465. The lowest BCUT2D eigenvalue weighted by atomic mass is 9.96. The number of carbonyl (C=O) groups is 15. The first-order chi connectivity index (χ1) is 51.8. The number of phenols is 1. The molecule has 0 bridgehead atoms. The van der Waals surface area contributed by atoms with Crippen LogP contribution in [-0.2, 0) is 97.6 Å². The lowest BCUT2D eigenvalue weighted by molar-refractivity contribution is -0.137. The van der Waals surface area contributed by atoms with Gasteiger partial charge in [-0.15, -0.1) is 0 Å². The topological polar surface area (TPSA) is 610 Å². The molecule has 37 nitrogen and oxygen atoms in total. The SMILES string of the molecule is CC[C@H](C)[C@H](NC(=O)[C@H](CC(N)=O)NC(=O)[C@H](CO)NC(=O)[C@H](Cc1ccccc1)NC(=O)[C@H](Cc1ccc(O)cc1)NC(=O)[C@H](CCCCN)NC(=O)[C@H](CS)NC(=O)[C@H](CC(N)=O)NC(=O)[C@H](CO)NC(=O)[C@@H](NC(C)=O)C(C)C)C(=O)N[C@@H](Cc1cnc[nH]1)C(=O)N[C@@H](Cc1c[nH]c2ccccc12)C(N)=O. The largest absolute Gasteiger partial charge is 0.508 e. The highest BCUT2D eigenvalue weighted by Crippen LogP contribution is 2.21. The van der Waals surface area contributed by atoms with Crippen molar-refractivity contribution in [1.29, 1.82) is 0 Å². The van der Waals surface area contributed by atoms with Crippen molar-refractivity contribution in [3.05, 3.63) is 120 Å². The van der Waals surface area contributed by atoms with Gasteiger partial charge in [-0.2, -0.15) is 12.6 Å². The van der Waals surface area contributed by atoms with Crippen LogP contribution in [0.15, 0.2) is 97.6 Å². The van der Waals surface area contributed by atoms with Crippen molar-refractivity contribution in [3.8, 4) is 5.75 Å². The molecule has 13 atom stereocenters. The molecule has 2 aromatic heterocycles. The van der Waals surface area contributed by atoms with Crippen LogP contribution < -0.4 is 86.7 Å². The van der Waals surface area contributed by atoms with Crippen molar-refractivity contribution in [2.24, 2.45) is 34.8 Å². The molecule has 2 heterocycles. The Hall–Kier alpha value is -11.5. The minimum Gasteiger partial charge on any atom is -0.508 e. The van der Waals surface area contributed by atoms with E-state index in [0.29, 0.717) is 28.8 Å². The number of phenolic OH excluding ortho intramolecular Hbond substituents is 1. The number of carbonyl (C=O) groups excluding carboxylic acids is 15. The number of aromatic hydroxyl groups is 1. The van der Waals surface area contributed by atoms with Crippen molar-refractivity contribution in [1.82, 2.24) is 78.8 Å². The van der Waals surface area contributed by atoms with Gasteiger partial charge in [-0.3, -0.25) is 71.9 Å². The Kier molecular flexibility index (Phi) is 35.5. The lowest BCUT2D eigenvalue weighted by Gasteiger charge is -2.29. The maximum Gasteiger partial charge on any atom is 0.245 e. The Morgan fingerprint density at radius 1 is 0.477 bits per heavy atom. The molecule has 15 amide bonds. The monoisotopic (exact) mass is 1540 g/mol. The molecule has 0 fully saturated rings. The summed E-state index contributed by atoms with van der Waals surface area (Å²) in [6.07, 6.45) is 2.31. The molecule has 109 heavy (non-hydrogen) atoms.